The van der Waals surface area contributed by atoms with Gasteiger partial charge in [0.15, 0.2) is 0 Å². The molecule has 16 aromatic rings. The minimum atomic E-state index is 0.433. The van der Waals surface area contributed by atoms with Crippen LogP contribution in [0.25, 0.3) is 82.7 Å². The lowest BCUT2D eigenvalue weighted by atomic mass is 10.1. The van der Waals surface area contributed by atoms with Crippen molar-refractivity contribution < 1.29 is 0 Å². The van der Waals surface area contributed by atoms with Crippen LogP contribution in [0.2, 0.25) is 0 Å². The van der Waals surface area contributed by atoms with E-state index in [2.05, 4.69) is 332 Å². The molecule has 0 bridgehead atoms. The number of anilines is 9. The van der Waals surface area contributed by atoms with E-state index in [0.29, 0.717) is 17.8 Å². The molecule has 12 aromatic carbocycles. The Morgan fingerprint density at radius 3 is 0.976 bits per heavy atom. The minimum absolute atomic E-state index is 0.433. The van der Waals surface area contributed by atoms with Crippen LogP contribution in [0.1, 0.15) is 0 Å². The van der Waals surface area contributed by atoms with Crippen LogP contribution in [-0.4, -0.2) is 28.7 Å². The van der Waals surface area contributed by atoms with Crippen LogP contribution in [-0.2, 0) is 0 Å². The lowest BCUT2D eigenvalue weighted by Gasteiger charge is -2.28. The van der Waals surface area contributed by atoms with E-state index in [0.717, 1.165) is 111 Å². The van der Waals surface area contributed by atoms with Crippen LogP contribution in [0.4, 0.5) is 51.7 Å². The van der Waals surface area contributed by atoms with Crippen LogP contribution < -0.4 is 14.7 Å². The summed E-state index contributed by atoms with van der Waals surface area (Å²) in [6.07, 6.45) is 0. The fourth-order valence-electron chi connectivity index (χ4n) is 12.4. The highest BCUT2D eigenvalue weighted by Crippen LogP contribution is 2.45. The second kappa shape index (κ2) is 20.2. The molecule has 0 unspecified atom stereocenters. The Labute approximate surface area is 484 Å². The Balaban J connectivity index is 0.988. The standard InChI is InChI=1S/C75H51N9/c1-7-25-52(26-8-1)79(53-27-9-2-10-28-53)59-43-46-65-62-38-20-24-42-69(62)84(72(65)50-59)75-77-73(80(54-29-11-3-12-30-54)58-45-48-70-66(49-58)63-39-21-23-41-68(63)82(70)56-33-15-5-16-34-56)76-74(78-75)81(55-31-13-4-14-32-55)60-44-47-64-61-37-19-22-40-67(61)83(71(64)51-60)57-35-17-6-18-36-57/h1-51H. The van der Waals surface area contributed by atoms with Crippen molar-refractivity contribution >= 4 is 117 Å². The maximum absolute atomic E-state index is 5.74. The van der Waals surface area contributed by atoms with Crippen LogP contribution in [0, 0.1) is 0 Å². The highest BCUT2D eigenvalue weighted by Gasteiger charge is 2.27. The molecular weight excluding hydrogens is 1030 g/mol. The van der Waals surface area contributed by atoms with E-state index in [9.17, 15) is 0 Å². The van der Waals surface area contributed by atoms with E-state index in [1.54, 1.807) is 0 Å². The van der Waals surface area contributed by atoms with Gasteiger partial charge in [-0.1, -0.05) is 176 Å². The summed E-state index contributed by atoms with van der Waals surface area (Å²) in [7, 11) is 0. The molecular formula is C75H51N9. The van der Waals surface area contributed by atoms with E-state index in [4.69, 9.17) is 15.0 Å². The Morgan fingerprint density at radius 1 is 0.202 bits per heavy atom. The molecule has 16 rings (SSSR count). The number of hydrogen-bond acceptors (Lipinski definition) is 6. The largest absolute Gasteiger partial charge is 0.310 e. The van der Waals surface area contributed by atoms with Gasteiger partial charge in [-0.25, -0.2) is 0 Å². The molecule has 0 fully saturated rings. The molecule has 4 heterocycles. The summed E-state index contributed by atoms with van der Waals surface area (Å²) >= 11 is 0. The van der Waals surface area contributed by atoms with Crippen molar-refractivity contribution in [2.75, 3.05) is 14.7 Å². The molecule has 396 valence electrons. The van der Waals surface area contributed by atoms with Crippen LogP contribution in [0.15, 0.2) is 309 Å². The van der Waals surface area contributed by atoms with Gasteiger partial charge in [0.25, 0.3) is 0 Å². The molecule has 4 aromatic heterocycles. The van der Waals surface area contributed by atoms with Gasteiger partial charge in [0.1, 0.15) is 0 Å². The number of nitrogens with zero attached hydrogens (tertiary/aromatic N) is 9. The number of benzene rings is 12. The van der Waals surface area contributed by atoms with Crippen molar-refractivity contribution in [1.29, 1.82) is 0 Å². The first-order valence-electron chi connectivity index (χ1n) is 28.3. The Hall–Kier alpha value is -11.6. The molecule has 0 N–H and O–H groups in total. The van der Waals surface area contributed by atoms with Gasteiger partial charge in [0.2, 0.25) is 17.8 Å². The molecule has 0 spiro atoms. The predicted molar refractivity (Wildman–Crippen MR) is 347 cm³/mol. The monoisotopic (exact) mass is 1080 g/mol. The first-order valence-corrected chi connectivity index (χ1v) is 28.3. The Kier molecular flexibility index (Phi) is 11.6. The summed E-state index contributed by atoms with van der Waals surface area (Å²) in [6, 6.07) is 109. The SMILES string of the molecule is c1ccc(N(c2ccccc2)c2ccc3c4ccccc4n(-c4nc(N(c5ccccc5)c5ccc6c(c5)c5ccccc5n6-c5ccccc5)nc(N(c5ccccc5)c5ccc6c7ccccc7n(-c7ccccc7)c6c5)n4)c3c2)cc1. The van der Waals surface area contributed by atoms with E-state index in [1.807, 2.05) is 6.07 Å². The van der Waals surface area contributed by atoms with Crippen molar-refractivity contribution in [3.63, 3.8) is 0 Å². The molecule has 9 nitrogen and oxygen atoms in total. The van der Waals surface area contributed by atoms with E-state index in [1.165, 1.54) is 5.39 Å². The summed E-state index contributed by atoms with van der Waals surface area (Å²) in [5.41, 5.74) is 15.1. The lowest BCUT2D eigenvalue weighted by molar-refractivity contribution is 0.915. The number of rotatable bonds is 12. The van der Waals surface area contributed by atoms with Crippen molar-refractivity contribution in [1.82, 2.24) is 28.7 Å². The van der Waals surface area contributed by atoms with Crippen molar-refractivity contribution in [3.05, 3.63) is 309 Å². The normalized spacial score (nSPS) is 11.6. The molecule has 9 heteroatoms. The molecule has 0 aliphatic rings. The smallest absolute Gasteiger partial charge is 0.241 e. The first kappa shape index (κ1) is 48.4. The van der Waals surface area contributed by atoms with Crippen molar-refractivity contribution in [2.45, 2.75) is 0 Å². The van der Waals surface area contributed by atoms with E-state index >= 15 is 0 Å². The van der Waals surface area contributed by atoms with Crippen molar-refractivity contribution in [2.24, 2.45) is 0 Å². The van der Waals surface area contributed by atoms with E-state index < -0.39 is 0 Å². The number of fused-ring (bicyclic) bond motifs is 9. The fraction of sp³-hybridized carbons (Fsp3) is 0. The molecule has 0 radical (unpaired) electrons. The van der Waals surface area contributed by atoms with Crippen LogP contribution in [0.5, 0.6) is 0 Å². The molecule has 0 aliphatic carbocycles. The summed E-state index contributed by atoms with van der Waals surface area (Å²) in [4.78, 5) is 23.9. The fourth-order valence-corrected chi connectivity index (χ4v) is 12.4. The molecule has 84 heavy (non-hydrogen) atoms. The van der Waals surface area contributed by atoms with Gasteiger partial charge in [-0.05, 0) is 133 Å². The molecule has 0 saturated carbocycles. The Bertz CT molecular complexity index is 5040. The molecule has 0 aliphatic heterocycles. The summed E-state index contributed by atoms with van der Waals surface area (Å²) in [5.74, 6) is 1.32. The van der Waals surface area contributed by atoms with Crippen LogP contribution in [0.3, 0.4) is 0 Å². The number of aromatic nitrogens is 6. The first-order chi connectivity index (χ1) is 41.7. The third-order valence-electron chi connectivity index (χ3n) is 16.0. The molecule has 0 amide bonds. The minimum Gasteiger partial charge on any atom is -0.310 e. The molecule has 0 atom stereocenters. The topological polar surface area (TPSA) is 63.2 Å². The third-order valence-corrected chi connectivity index (χ3v) is 16.0. The average molecular weight is 1080 g/mol. The van der Waals surface area contributed by atoms with Gasteiger partial charge in [-0.3, -0.25) is 14.4 Å². The zero-order valence-corrected chi connectivity index (χ0v) is 45.5. The van der Waals surface area contributed by atoms with Gasteiger partial charge >= 0.3 is 0 Å². The molecule has 0 saturated heterocycles. The highest BCUT2D eigenvalue weighted by atomic mass is 15.4. The van der Waals surface area contributed by atoms with Gasteiger partial charge in [0.05, 0.1) is 38.8 Å². The van der Waals surface area contributed by atoms with E-state index in [-0.39, 0.29) is 0 Å². The van der Waals surface area contributed by atoms with Crippen LogP contribution >= 0.6 is 0 Å². The lowest BCUT2D eigenvalue weighted by Crippen LogP contribution is -2.20. The highest BCUT2D eigenvalue weighted by molar-refractivity contribution is 6.13. The zero-order chi connectivity index (χ0) is 55.5. The third kappa shape index (κ3) is 8.13. The quantitative estimate of drug-likeness (QED) is 0.121. The maximum atomic E-state index is 5.74. The zero-order valence-electron chi connectivity index (χ0n) is 45.5. The summed E-state index contributed by atoms with van der Waals surface area (Å²) in [5, 5.41) is 6.70. The average Bonchev–Trinajstić information content (AvgIpc) is 2.59. The van der Waals surface area contributed by atoms with Gasteiger partial charge in [-0.15, -0.1) is 0 Å². The van der Waals surface area contributed by atoms with Gasteiger partial charge < -0.3 is 14.0 Å². The summed E-state index contributed by atoms with van der Waals surface area (Å²) in [6.45, 7) is 0. The number of para-hydroxylation sites is 9. The van der Waals surface area contributed by atoms with Crippen molar-refractivity contribution in [3.8, 4) is 17.3 Å². The maximum Gasteiger partial charge on any atom is 0.241 e. The number of hydrogen-bond donors (Lipinski definition) is 0. The second-order valence-corrected chi connectivity index (χ2v) is 20.9. The Morgan fingerprint density at radius 2 is 0.512 bits per heavy atom. The summed E-state index contributed by atoms with van der Waals surface area (Å²) < 4.78 is 6.92. The second-order valence-electron chi connectivity index (χ2n) is 20.9. The predicted octanol–water partition coefficient (Wildman–Crippen LogP) is 19.6. The van der Waals surface area contributed by atoms with Gasteiger partial charge in [0, 0.05) is 77.8 Å². The van der Waals surface area contributed by atoms with Gasteiger partial charge in [-0.2, -0.15) is 15.0 Å².